The van der Waals surface area contributed by atoms with E-state index in [9.17, 15) is 27.6 Å². The summed E-state index contributed by atoms with van der Waals surface area (Å²) in [6.07, 6.45) is -4.55. The van der Waals surface area contributed by atoms with Crippen LogP contribution < -0.4 is 10.5 Å². The van der Waals surface area contributed by atoms with Gasteiger partial charge in [-0.2, -0.15) is 0 Å². The van der Waals surface area contributed by atoms with Crippen molar-refractivity contribution in [3.05, 3.63) is 65.2 Å². The molecule has 0 unspecified atom stereocenters. The molecule has 1 spiro atoms. The normalized spacial score (nSPS) is 16.8. The minimum atomic E-state index is -4.77. The maximum absolute atomic E-state index is 12.7. The zero-order chi connectivity index (χ0) is 24.5. The van der Waals surface area contributed by atoms with Gasteiger partial charge in [0.2, 0.25) is 5.91 Å². The molecule has 0 saturated carbocycles. The molecule has 0 radical (unpaired) electrons. The summed E-state index contributed by atoms with van der Waals surface area (Å²) in [7, 11) is 0. The molecule has 11 heteroatoms. The highest BCUT2D eigenvalue weighted by atomic mass is 19.4. The fourth-order valence-electron chi connectivity index (χ4n) is 4.24. The molecule has 2 aliphatic rings. The molecule has 2 fully saturated rings. The first-order valence-corrected chi connectivity index (χ1v) is 10.5. The van der Waals surface area contributed by atoms with Gasteiger partial charge in [-0.25, -0.2) is 4.79 Å². The van der Waals surface area contributed by atoms with Crippen molar-refractivity contribution in [2.24, 2.45) is 11.1 Å². The Balaban J connectivity index is 1.24. The van der Waals surface area contributed by atoms with Gasteiger partial charge in [0.1, 0.15) is 12.4 Å². The molecule has 0 aliphatic carbocycles. The van der Waals surface area contributed by atoms with Crippen molar-refractivity contribution in [2.45, 2.75) is 19.4 Å². The van der Waals surface area contributed by atoms with Crippen LogP contribution in [0.2, 0.25) is 0 Å². The highest BCUT2D eigenvalue weighted by molar-refractivity contribution is 5.97. The molecule has 2 aromatic carbocycles. The second-order valence-electron chi connectivity index (χ2n) is 8.52. The van der Waals surface area contributed by atoms with Crippen molar-refractivity contribution in [1.82, 2.24) is 9.80 Å². The molecule has 0 atom stereocenters. The van der Waals surface area contributed by atoms with Crippen LogP contribution in [0.15, 0.2) is 48.5 Å². The summed E-state index contributed by atoms with van der Waals surface area (Å²) in [6, 6.07) is 11.2. The first kappa shape index (κ1) is 23.4. The topological polar surface area (TPSA) is 102 Å². The lowest BCUT2D eigenvalue weighted by Crippen LogP contribution is -2.59. The summed E-state index contributed by atoms with van der Waals surface area (Å²) in [6.45, 7) is 1.88. The number of benzene rings is 2. The Labute approximate surface area is 193 Å². The number of carbonyl (C=O) groups excluding carboxylic acids is 3. The Morgan fingerprint density at radius 3 is 2.09 bits per heavy atom. The number of hydrogen-bond acceptors (Lipinski definition) is 5. The van der Waals surface area contributed by atoms with Crippen molar-refractivity contribution in [1.29, 1.82) is 0 Å². The second kappa shape index (κ2) is 8.88. The van der Waals surface area contributed by atoms with E-state index in [0.717, 1.165) is 18.6 Å². The van der Waals surface area contributed by atoms with Crippen LogP contribution in [0.5, 0.6) is 5.75 Å². The van der Waals surface area contributed by atoms with Crippen LogP contribution in [0.3, 0.4) is 0 Å². The van der Waals surface area contributed by atoms with E-state index in [4.69, 9.17) is 10.5 Å². The average Bonchev–Trinajstić information content (AvgIpc) is 3.22. The fraction of sp³-hybridized carbons (Fsp3) is 0.348. The average molecular weight is 477 g/mol. The lowest BCUT2D eigenvalue weighted by molar-refractivity contribution is -0.274. The molecule has 2 aromatic rings. The summed E-state index contributed by atoms with van der Waals surface area (Å²) in [5, 5.41) is 0. The summed E-state index contributed by atoms with van der Waals surface area (Å²) in [4.78, 5) is 39.5. The molecular weight excluding hydrogens is 455 g/mol. The van der Waals surface area contributed by atoms with Gasteiger partial charge < -0.3 is 25.0 Å². The number of hydrogen-bond donors (Lipinski definition) is 1. The highest BCUT2D eigenvalue weighted by Crippen LogP contribution is 2.40. The molecule has 34 heavy (non-hydrogen) atoms. The first-order valence-electron chi connectivity index (χ1n) is 10.5. The minimum Gasteiger partial charge on any atom is -0.445 e. The van der Waals surface area contributed by atoms with E-state index >= 15 is 0 Å². The molecule has 2 saturated heterocycles. The largest absolute Gasteiger partial charge is 0.573 e. The van der Waals surface area contributed by atoms with E-state index in [1.165, 1.54) is 24.3 Å². The van der Waals surface area contributed by atoms with Crippen molar-refractivity contribution in [3.8, 4) is 5.75 Å². The van der Waals surface area contributed by atoms with E-state index < -0.39 is 18.4 Å². The van der Waals surface area contributed by atoms with Crippen LogP contribution in [0.25, 0.3) is 0 Å². The molecule has 0 aromatic heterocycles. The van der Waals surface area contributed by atoms with E-state index in [-0.39, 0.29) is 23.7 Å². The molecule has 0 bridgehead atoms. The number of ether oxygens (including phenoxy) is 2. The summed E-state index contributed by atoms with van der Waals surface area (Å²) < 4.78 is 45.8. The number of nitrogens with zero attached hydrogens (tertiary/aromatic N) is 2. The molecule has 3 amide bonds. The Kier molecular flexibility index (Phi) is 6.11. The third kappa shape index (κ3) is 5.24. The summed E-state index contributed by atoms with van der Waals surface area (Å²) >= 11 is 0. The fourth-order valence-corrected chi connectivity index (χ4v) is 4.24. The quantitative estimate of drug-likeness (QED) is 0.713. The van der Waals surface area contributed by atoms with Crippen LogP contribution >= 0.6 is 0 Å². The van der Waals surface area contributed by atoms with Gasteiger partial charge in [0, 0.05) is 42.7 Å². The number of carbonyl (C=O) groups is 3. The minimum absolute atomic E-state index is 0.0828. The Bertz CT molecular complexity index is 1080. The number of likely N-dealkylation sites (tertiary alicyclic amines) is 2. The molecule has 2 heterocycles. The Morgan fingerprint density at radius 2 is 1.50 bits per heavy atom. The van der Waals surface area contributed by atoms with Gasteiger partial charge in [-0.3, -0.25) is 9.59 Å². The molecule has 4 rings (SSSR count). The second-order valence-corrected chi connectivity index (χ2v) is 8.52. The standard InChI is InChI=1S/C23H22F3N3O5/c24-23(25,26)34-18-7-1-15(2-8-18)11-33-21(32)28-10-9-22(12-28)13-29(14-22)20(31)17-5-3-16(4-6-17)19(27)30/h1-8H,9-14H2,(H2,27,30). The Hall–Kier alpha value is -3.76. The molecular formula is C23H22F3N3O5. The number of alkyl halides is 3. The summed E-state index contributed by atoms with van der Waals surface area (Å²) in [5.41, 5.74) is 6.34. The van der Waals surface area contributed by atoms with Gasteiger partial charge in [0.05, 0.1) is 0 Å². The first-order chi connectivity index (χ1) is 16.0. The van der Waals surface area contributed by atoms with E-state index in [0.29, 0.717) is 42.9 Å². The summed E-state index contributed by atoms with van der Waals surface area (Å²) in [5.74, 6) is -1.06. The molecule has 8 nitrogen and oxygen atoms in total. The number of amides is 3. The van der Waals surface area contributed by atoms with Gasteiger partial charge in [0.25, 0.3) is 5.91 Å². The van der Waals surface area contributed by atoms with Crippen molar-refractivity contribution in [3.63, 3.8) is 0 Å². The lowest BCUT2D eigenvalue weighted by Gasteiger charge is -2.47. The van der Waals surface area contributed by atoms with Gasteiger partial charge in [-0.15, -0.1) is 13.2 Å². The van der Waals surface area contributed by atoms with Crippen LogP contribution in [-0.2, 0) is 11.3 Å². The number of halogens is 3. The Morgan fingerprint density at radius 1 is 0.912 bits per heavy atom. The highest BCUT2D eigenvalue weighted by Gasteiger charge is 2.50. The maximum atomic E-state index is 12.7. The zero-order valence-corrected chi connectivity index (χ0v) is 18.0. The van der Waals surface area contributed by atoms with E-state index in [2.05, 4.69) is 4.74 Å². The third-order valence-corrected chi connectivity index (χ3v) is 5.97. The number of nitrogens with two attached hydrogens (primary N) is 1. The molecule has 2 aliphatic heterocycles. The maximum Gasteiger partial charge on any atom is 0.573 e. The van der Waals surface area contributed by atoms with Crippen LogP contribution in [0.1, 0.15) is 32.7 Å². The van der Waals surface area contributed by atoms with Gasteiger partial charge in [-0.1, -0.05) is 12.1 Å². The predicted octanol–water partition coefficient (Wildman–Crippen LogP) is 3.17. The molecule has 2 N–H and O–H groups in total. The van der Waals surface area contributed by atoms with Crippen LogP contribution in [0, 0.1) is 5.41 Å². The third-order valence-electron chi connectivity index (χ3n) is 5.97. The number of rotatable bonds is 5. The van der Waals surface area contributed by atoms with Crippen molar-refractivity contribution >= 4 is 17.9 Å². The van der Waals surface area contributed by atoms with E-state index in [1.54, 1.807) is 21.9 Å². The van der Waals surface area contributed by atoms with Crippen molar-refractivity contribution < 1.29 is 37.0 Å². The zero-order valence-electron chi connectivity index (χ0n) is 18.0. The molecule has 180 valence electrons. The van der Waals surface area contributed by atoms with Gasteiger partial charge >= 0.3 is 12.5 Å². The van der Waals surface area contributed by atoms with E-state index in [1.807, 2.05) is 0 Å². The van der Waals surface area contributed by atoms with Gasteiger partial charge in [-0.05, 0) is 48.4 Å². The lowest BCUT2D eigenvalue weighted by atomic mass is 9.78. The monoisotopic (exact) mass is 477 g/mol. The smallest absolute Gasteiger partial charge is 0.445 e. The van der Waals surface area contributed by atoms with Gasteiger partial charge in [0.15, 0.2) is 0 Å². The predicted molar refractivity (Wildman–Crippen MR) is 113 cm³/mol. The number of primary amides is 1. The van der Waals surface area contributed by atoms with Crippen LogP contribution in [-0.4, -0.2) is 60.2 Å². The van der Waals surface area contributed by atoms with Crippen LogP contribution in [0.4, 0.5) is 18.0 Å². The van der Waals surface area contributed by atoms with Crippen molar-refractivity contribution in [2.75, 3.05) is 26.2 Å². The SMILES string of the molecule is NC(=O)c1ccc(C(=O)N2CC3(CCN(C(=O)OCc4ccc(OC(F)(F)F)cc4)C3)C2)cc1.